The summed E-state index contributed by atoms with van der Waals surface area (Å²) in [5, 5.41) is 4.51. The maximum absolute atomic E-state index is 6.80. The molecule has 0 rings (SSSR count). The summed E-state index contributed by atoms with van der Waals surface area (Å²) in [7, 11) is 0. The van der Waals surface area contributed by atoms with Crippen molar-refractivity contribution in [1.29, 1.82) is 1.43 Å². The molecule has 1 unspecified atom stereocenters. The van der Waals surface area contributed by atoms with Gasteiger partial charge in [-0.2, -0.15) is 0 Å². The predicted octanol–water partition coefficient (Wildman–Crippen LogP) is 5.57. The molecule has 0 fully saturated rings. The van der Waals surface area contributed by atoms with E-state index in [4.69, 9.17) is 1.43 Å². The summed E-state index contributed by atoms with van der Waals surface area (Å²) in [6, 6.07) is 0. The van der Waals surface area contributed by atoms with Gasteiger partial charge in [0.05, 0.1) is 6.10 Å². The number of aliphatic hydroxyl groups is 1. The molecule has 1 atom stereocenters. The third kappa shape index (κ3) is 13.4. The molecule has 1 heteroatoms. The Labute approximate surface area is 121 Å². The Kier molecular flexibility index (Phi) is 9.44. The SMILES string of the molecule is [3H]OC(C)CC/C=C(\C)CC/C=C(\C)CCC=C(C)C. The van der Waals surface area contributed by atoms with Crippen molar-refractivity contribution < 1.29 is 5.11 Å². The maximum Gasteiger partial charge on any atom is 0.210 e. The Morgan fingerprint density at radius 3 is 2.00 bits per heavy atom. The maximum atomic E-state index is 6.80. The van der Waals surface area contributed by atoms with Crippen LogP contribution in [0.4, 0.5) is 0 Å². The highest BCUT2D eigenvalue weighted by Gasteiger charge is 1.94. The number of allylic oxidation sites excluding steroid dienone is 6. The summed E-state index contributed by atoms with van der Waals surface area (Å²) in [6.45, 7) is 10.7. The lowest BCUT2D eigenvalue weighted by Crippen LogP contribution is -1.97. The van der Waals surface area contributed by atoms with Crippen LogP contribution < -0.4 is 0 Å². The van der Waals surface area contributed by atoms with Gasteiger partial charge in [-0.3, -0.25) is 0 Å². The van der Waals surface area contributed by atoms with E-state index < -0.39 is 0 Å². The molecule has 0 aromatic heterocycles. The number of rotatable bonds is 10. The van der Waals surface area contributed by atoms with E-state index in [0.717, 1.165) is 32.1 Å². The van der Waals surface area contributed by atoms with Gasteiger partial charge in [-0.05, 0) is 73.1 Å². The summed E-state index contributed by atoms with van der Waals surface area (Å²) in [5.74, 6) is 0. The van der Waals surface area contributed by atoms with Crippen molar-refractivity contribution in [2.75, 3.05) is 0 Å². The van der Waals surface area contributed by atoms with Crippen molar-refractivity contribution in [3.05, 3.63) is 34.9 Å². The van der Waals surface area contributed by atoms with E-state index in [9.17, 15) is 0 Å². The van der Waals surface area contributed by atoms with Crippen molar-refractivity contribution in [1.82, 2.24) is 0 Å². The zero-order valence-corrected chi connectivity index (χ0v) is 13.5. The van der Waals surface area contributed by atoms with Crippen LogP contribution in [0.1, 0.15) is 73.1 Å². The third-order valence-corrected chi connectivity index (χ3v) is 3.19. The molecule has 0 aromatic carbocycles. The molecule has 0 aliphatic carbocycles. The molecule has 0 aromatic rings. The smallest absolute Gasteiger partial charge is 0.210 e. The monoisotopic (exact) mass is 266 g/mol. The molecular formula is C18H32O. The molecule has 0 aliphatic heterocycles. The highest BCUT2D eigenvalue weighted by atomic mass is 16.3. The minimum Gasteiger partial charge on any atom is -0.393 e. The van der Waals surface area contributed by atoms with E-state index in [2.05, 4.69) is 51.0 Å². The van der Waals surface area contributed by atoms with E-state index in [-0.39, 0.29) is 6.10 Å². The van der Waals surface area contributed by atoms with E-state index >= 15 is 0 Å². The Morgan fingerprint density at radius 2 is 1.47 bits per heavy atom. The normalized spacial score (nSPS) is 15.1. The number of hydrogen-bond acceptors (Lipinski definition) is 1. The highest BCUT2D eigenvalue weighted by molar-refractivity contribution is 5.05. The standard InChI is InChI=1S/C18H32O/c1-15(2)9-6-10-16(3)11-7-12-17(4)13-8-14-18(5)19/h9,11,13,18-19H,6-8,10,12,14H2,1-5H3/b16-11+,17-13+/i19T. The Morgan fingerprint density at radius 1 is 0.947 bits per heavy atom. The van der Waals surface area contributed by atoms with E-state index in [1.807, 2.05) is 6.92 Å². The molecule has 0 spiro atoms. The van der Waals surface area contributed by atoms with Gasteiger partial charge in [0.25, 0.3) is 0 Å². The summed E-state index contributed by atoms with van der Waals surface area (Å²) < 4.78 is 6.80. The van der Waals surface area contributed by atoms with Crippen molar-refractivity contribution in [3.63, 3.8) is 0 Å². The Hall–Kier alpha value is -0.820. The molecular weight excluding hydrogens is 232 g/mol. The van der Waals surface area contributed by atoms with Gasteiger partial charge in [-0.15, -0.1) is 0 Å². The second-order valence-electron chi connectivity index (χ2n) is 5.85. The number of aliphatic hydroxyl groups excluding tert-OH is 1. The van der Waals surface area contributed by atoms with E-state index in [1.54, 1.807) is 0 Å². The molecule has 0 aliphatic rings. The average Bonchev–Trinajstić information content (AvgIpc) is 2.38. The lowest BCUT2D eigenvalue weighted by molar-refractivity contribution is 0.186. The van der Waals surface area contributed by atoms with Gasteiger partial charge in [0, 0.05) is 0 Å². The fourth-order valence-corrected chi connectivity index (χ4v) is 1.90. The van der Waals surface area contributed by atoms with Crippen LogP contribution in [0.3, 0.4) is 0 Å². The van der Waals surface area contributed by atoms with Crippen LogP contribution in [0.15, 0.2) is 34.9 Å². The molecule has 0 bridgehead atoms. The average molecular weight is 266 g/mol. The summed E-state index contributed by atoms with van der Waals surface area (Å²) >= 11 is 0. The summed E-state index contributed by atoms with van der Waals surface area (Å²) in [6.07, 6.45) is 13.5. The van der Waals surface area contributed by atoms with Gasteiger partial charge in [0.2, 0.25) is 1.43 Å². The zero-order valence-electron chi connectivity index (χ0n) is 14.5. The van der Waals surface area contributed by atoms with Crippen molar-refractivity contribution in [2.45, 2.75) is 79.2 Å². The first-order valence-corrected chi connectivity index (χ1v) is 7.52. The third-order valence-electron chi connectivity index (χ3n) is 3.19. The minimum absolute atomic E-state index is 0.0382. The van der Waals surface area contributed by atoms with Crippen LogP contribution in [0.5, 0.6) is 0 Å². The van der Waals surface area contributed by atoms with Gasteiger partial charge >= 0.3 is 0 Å². The van der Waals surface area contributed by atoms with Gasteiger partial charge in [0.15, 0.2) is 0 Å². The van der Waals surface area contributed by atoms with Crippen molar-refractivity contribution in [2.24, 2.45) is 0 Å². The molecule has 19 heavy (non-hydrogen) atoms. The van der Waals surface area contributed by atoms with E-state index in [1.165, 1.54) is 23.1 Å². The molecule has 0 saturated heterocycles. The van der Waals surface area contributed by atoms with Crippen LogP contribution in [0.25, 0.3) is 0 Å². The van der Waals surface area contributed by atoms with Crippen molar-refractivity contribution >= 4 is 0 Å². The van der Waals surface area contributed by atoms with E-state index in [0.29, 0.717) is 0 Å². The molecule has 0 saturated carbocycles. The highest BCUT2D eigenvalue weighted by Crippen LogP contribution is 2.12. The van der Waals surface area contributed by atoms with Crippen LogP contribution in [0, 0.1) is 0 Å². The largest absolute Gasteiger partial charge is 0.393 e. The molecule has 110 valence electrons. The second-order valence-corrected chi connectivity index (χ2v) is 5.85. The molecule has 1 nitrogen and oxygen atoms in total. The summed E-state index contributed by atoms with van der Waals surface area (Å²) in [5.41, 5.74) is 4.34. The second kappa shape index (κ2) is 11.0. The first-order valence-electron chi connectivity index (χ1n) is 7.93. The fraction of sp³-hybridized carbons (Fsp3) is 0.667. The van der Waals surface area contributed by atoms with Gasteiger partial charge in [-0.1, -0.05) is 34.9 Å². The minimum atomic E-state index is 0.0382. The molecule has 0 heterocycles. The van der Waals surface area contributed by atoms with Crippen molar-refractivity contribution in [3.8, 4) is 0 Å². The summed E-state index contributed by atoms with van der Waals surface area (Å²) in [4.78, 5) is 0. The quantitative estimate of drug-likeness (QED) is 0.513. The lowest BCUT2D eigenvalue weighted by atomic mass is 10.1. The molecule has 0 radical (unpaired) electrons. The first-order chi connectivity index (χ1) is 9.45. The topological polar surface area (TPSA) is 20.2 Å². The fourth-order valence-electron chi connectivity index (χ4n) is 1.90. The number of hydrogen-bond donors (Lipinski definition) is 1. The van der Waals surface area contributed by atoms with Gasteiger partial charge in [0.1, 0.15) is 0 Å². The van der Waals surface area contributed by atoms with Crippen LogP contribution in [-0.4, -0.2) is 12.6 Å². The first kappa shape index (κ1) is 16.2. The van der Waals surface area contributed by atoms with Crippen LogP contribution in [0.2, 0.25) is 0 Å². The van der Waals surface area contributed by atoms with Gasteiger partial charge < -0.3 is 5.11 Å². The molecule has 0 amide bonds. The van der Waals surface area contributed by atoms with Crippen LogP contribution >= 0.6 is 0 Å². The van der Waals surface area contributed by atoms with Crippen LogP contribution in [-0.2, 0) is 0 Å². The zero-order chi connectivity index (χ0) is 15.4. The van der Waals surface area contributed by atoms with Gasteiger partial charge in [-0.25, -0.2) is 0 Å². The molecule has 1 N–H and O–H groups in total. The predicted molar refractivity (Wildman–Crippen MR) is 86.3 cm³/mol. The Balaban J connectivity index is 3.85. The Bertz CT molecular complexity index is 335. The lowest BCUT2D eigenvalue weighted by Gasteiger charge is -2.03.